The van der Waals surface area contributed by atoms with Crippen LogP contribution < -0.4 is 26.6 Å². The van der Waals surface area contributed by atoms with E-state index in [9.17, 15) is 48.8 Å². The lowest BCUT2D eigenvalue weighted by Crippen LogP contribution is -2.11. The Morgan fingerprint density at radius 2 is 0.763 bits per heavy atom. The number of phenolic OH excluding ortho intramolecular Hbond substituents is 4. The second-order valence-electron chi connectivity index (χ2n) is 25.8. The fourth-order valence-electron chi connectivity index (χ4n) is 11.2. The van der Waals surface area contributed by atoms with E-state index in [2.05, 4.69) is 124 Å². The van der Waals surface area contributed by atoms with Gasteiger partial charge >= 0.3 is 0 Å². The molecule has 0 bridgehead atoms. The number of phenols is 4. The Kier molecular flexibility index (Phi) is 26.9. The van der Waals surface area contributed by atoms with Crippen molar-refractivity contribution in [2.24, 2.45) is 0 Å². The Hall–Kier alpha value is -13.5. The Morgan fingerprint density at radius 3 is 1.25 bits per heavy atom. The number of aromatic hydroxyl groups is 4. The molecule has 0 aliphatic heterocycles. The molecular weight excluding hydrogens is 1530 g/mol. The van der Waals surface area contributed by atoms with Crippen LogP contribution in [0.15, 0.2) is 322 Å². The number of carbonyl (C=O) groups is 5. The van der Waals surface area contributed by atoms with Crippen molar-refractivity contribution < 1.29 is 48.8 Å². The second kappa shape index (κ2) is 38.4. The zero-order chi connectivity index (χ0) is 80.0. The summed E-state index contributed by atoms with van der Waals surface area (Å²) in [6.45, 7) is 6.39. The molecular formula is C92H73ClFN7O9S4. The van der Waals surface area contributed by atoms with Crippen LogP contribution >= 0.6 is 56.9 Å². The number of thiophene rings is 4. The third-order valence-corrected chi connectivity index (χ3v) is 21.9. The first-order valence-corrected chi connectivity index (χ1v) is 39.2. The van der Waals surface area contributed by atoms with Crippen LogP contribution in [0.1, 0.15) is 80.1 Å². The van der Waals surface area contributed by atoms with Gasteiger partial charge in [-0.05, 0) is 245 Å². The first-order valence-electron chi connectivity index (χ1n) is 35.6. The fourth-order valence-corrected chi connectivity index (χ4v) is 15.0. The van der Waals surface area contributed by atoms with Crippen molar-refractivity contribution in [1.82, 2.24) is 9.97 Å². The highest BCUT2D eigenvalue weighted by Gasteiger charge is 2.18. The highest BCUT2D eigenvalue weighted by molar-refractivity contribution is 7.18. The average Bonchev–Trinajstić information content (AvgIpc) is 1.59. The van der Waals surface area contributed by atoms with E-state index in [0.29, 0.717) is 69.3 Å². The minimum Gasteiger partial charge on any atom is -0.508 e. The van der Waals surface area contributed by atoms with Crippen molar-refractivity contribution in [3.63, 3.8) is 0 Å². The van der Waals surface area contributed by atoms with Gasteiger partial charge in [0.2, 0.25) is 0 Å². The molecule has 0 saturated carbocycles. The molecule has 16 nitrogen and oxygen atoms in total. The van der Waals surface area contributed by atoms with Gasteiger partial charge in [0.25, 0.3) is 29.5 Å². The Labute approximate surface area is 677 Å². The summed E-state index contributed by atoms with van der Waals surface area (Å²) in [7, 11) is 0. The summed E-state index contributed by atoms with van der Waals surface area (Å²) in [5.41, 5.74) is 11.9. The Bertz CT molecular complexity index is 5970. The minimum absolute atomic E-state index is 0.0989. The fraction of sp³-hybridized carbons (Fsp3) is 0.0435. The third-order valence-electron chi connectivity index (χ3n) is 17.2. The van der Waals surface area contributed by atoms with Crippen molar-refractivity contribution in [1.29, 1.82) is 0 Å². The van der Waals surface area contributed by atoms with Crippen molar-refractivity contribution in [2.75, 3.05) is 26.6 Å². The van der Waals surface area contributed by atoms with Gasteiger partial charge in [-0.25, -0.2) is 4.39 Å². The summed E-state index contributed by atoms with van der Waals surface area (Å²) in [6, 6.07) is 90.7. The van der Waals surface area contributed by atoms with Crippen LogP contribution in [0.3, 0.4) is 0 Å². The quantitative estimate of drug-likeness (QED) is 0.0409. The number of H-pyrrole nitrogens is 1. The molecule has 568 valence electrons. The monoisotopic (exact) mass is 1600 g/mol. The first kappa shape index (κ1) is 80.0. The van der Waals surface area contributed by atoms with E-state index in [1.165, 1.54) is 85.4 Å². The molecule has 0 fully saturated rings. The van der Waals surface area contributed by atoms with Crippen LogP contribution in [0.4, 0.5) is 32.8 Å². The SMILES string of the molecule is CC(C)c1cccc(-c2ccc(C(=O)Nc3ccc(O)cc3)s2)c1.Cc1cccc(-c2ccc(C(=O)Nc3ccc(O)cc3)s2)c1.O=C(Nc1ccc(Cl)cc1)c1cc(-c2ccc(O)cc2)c[nH]1.O=C(Nc1ccc(O)cc1)c1ccc(-c2ccccc2F)s1.O=C(Nc1ccncc1)c1ccc(-c2ccc3ccccc3c2)s1. The number of aryl methyl sites for hydroxylation is 1. The molecule has 0 atom stereocenters. The largest absolute Gasteiger partial charge is 0.508 e. The number of benzene rings is 10. The summed E-state index contributed by atoms with van der Waals surface area (Å²) in [4.78, 5) is 74.6. The van der Waals surface area contributed by atoms with Gasteiger partial charge in [-0.2, -0.15) is 0 Å². The van der Waals surface area contributed by atoms with Gasteiger partial charge in [0.05, 0.1) is 19.5 Å². The topological polar surface area (TPSA) is 255 Å². The Balaban J connectivity index is 0.000000132. The molecule has 0 radical (unpaired) electrons. The number of nitrogens with zero attached hydrogens (tertiary/aromatic N) is 1. The number of fused-ring (bicyclic) bond motifs is 1. The summed E-state index contributed by atoms with van der Waals surface area (Å²) >= 11 is 11.5. The van der Waals surface area contributed by atoms with E-state index in [1.807, 2.05) is 60.7 Å². The number of aromatic nitrogens is 2. The number of hydrogen-bond acceptors (Lipinski definition) is 14. The van der Waals surface area contributed by atoms with Gasteiger partial charge < -0.3 is 52.0 Å². The number of aromatic amines is 1. The molecule has 0 saturated heterocycles. The van der Waals surface area contributed by atoms with Crippen molar-refractivity contribution in [2.45, 2.75) is 26.7 Å². The maximum Gasteiger partial charge on any atom is 0.272 e. The van der Waals surface area contributed by atoms with Crippen LogP contribution in [0, 0.1) is 12.7 Å². The van der Waals surface area contributed by atoms with E-state index in [0.717, 1.165) is 48.1 Å². The van der Waals surface area contributed by atoms with E-state index in [1.54, 1.807) is 176 Å². The molecule has 6 heterocycles. The predicted molar refractivity (Wildman–Crippen MR) is 463 cm³/mol. The summed E-state index contributed by atoms with van der Waals surface area (Å²) in [5.74, 6) is -0.0179. The van der Waals surface area contributed by atoms with Crippen molar-refractivity contribution in [3.05, 3.63) is 369 Å². The highest BCUT2D eigenvalue weighted by Crippen LogP contribution is 2.36. The number of pyridine rings is 1. The standard InChI is InChI=1S/C20H14N2OS.C20H19NO2S.C18H15NO2S.C17H13ClN2O2.C17H12FNO2S/c23-20(22-17-9-11-21-12-10-17)19-8-7-18(24-19)16-6-5-14-3-1-2-4-15(14)13-16;1-13(2)14-4-3-5-15(12-14)18-10-11-19(24-18)20(23)21-16-6-8-17(22)9-7-16;1-12-3-2-4-13(11-12)16-9-10-17(22-16)18(21)19-14-5-7-15(20)8-6-14;18-13-3-5-14(6-4-13)20-17(22)16-9-12(10-19-16)11-1-7-15(21)8-2-11;18-14-4-2-1-3-13(14)15-9-10-16(22-15)17(21)19-11-5-7-12(20)8-6-11/h1-13H,(H,21,22,23);3-13,22H,1-2H3,(H,21,23);2-11,20H,1H3,(H,19,21);1-10,19,21H,(H,20,22);1-10,20H,(H,19,21). The number of carbonyl (C=O) groups excluding carboxylic acids is 5. The van der Waals surface area contributed by atoms with E-state index < -0.39 is 0 Å². The number of hydrogen-bond donors (Lipinski definition) is 10. The molecule has 0 unspecified atom stereocenters. The predicted octanol–water partition coefficient (Wildman–Crippen LogP) is 24.2. The number of anilines is 5. The third kappa shape index (κ3) is 22.4. The summed E-state index contributed by atoms with van der Waals surface area (Å²) < 4.78 is 13.8. The first-order chi connectivity index (χ1) is 55.2. The van der Waals surface area contributed by atoms with Gasteiger partial charge in [-0.1, -0.05) is 146 Å². The number of nitrogens with one attached hydrogen (secondary N) is 6. The zero-order valence-electron chi connectivity index (χ0n) is 61.3. The molecule has 6 aromatic heterocycles. The lowest BCUT2D eigenvalue weighted by molar-refractivity contribution is 0.101. The molecule has 114 heavy (non-hydrogen) atoms. The lowest BCUT2D eigenvalue weighted by Gasteiger charge is -2.06. The van der Waals surface area contributed by atoms with Crippen molar-refractivity contribution >= 4 is 126 Å². The van der Waals surface area contributed by atoms with E-state index >= 15 is 0 Å². The molecule has 16 rings (SSSR count). The molecule has 10 aromatic carbocycles. The number of amides is 5. The van der Waals surface area contributed by atoms with Crippen LogP contribution in [0.5, 0.6) is 23.0 Å². The van der Waals surface area contributed by atoms with Crippen LogP contribution in [-0.2, 0) is 0 Å². The van der Waals surface area contributed by atoms with Crippen LogP contribution in [-0.4, -0.2) is 59.9 Å². The summed E-state index contributed by atoms with van der Waals surface area (Å²) in [5, 5.41) is 54.2. The van der Waals surface area contributed by atoms with E-state index in [-0.39, 0.29) is 58.4 Å². The van der Waals surface area contributed by atoms with Gasteiger partial charge in [0.1, 0.15) is 34.5 Å². The maximum atomic E-state index is 13.8. The van der Waals surface area contributed by atoms with Crippen LogP contribution in [0.25, 0.3) is 63.7 Å². The zero-order valence-corrected chi connectivity index (χ0v) is 65.4. The van der Waals surface area contributed by atoms with Crippen molar-refractivity contribution in [3.8, 4) is 75.9 Å². The molecule has 0 aliphatic carbocycles. The normalized spacial score (nSPS) is 10.5. The average molecular weight is 1600 g/mol. The summed E-state index contributed by atoms with van der Waals surface area (Å²) in [6.07, 6.45) is 5.07. The highest BCUT2D eigenvalue weighted by atomic mass is 35.5. The maximum absolute atomic E-state index is 13.8. The van der Waals surface area contributed by atoms with Crippen LogP contribution in [0.2, 0.25) is 5.02 Å². The number of rotatable bonds is 16. The van der Waals surface area contributed by atoms with Gasteiger partial charge in [0, 0.05) is 77.1 Å². The smallest absolute Gasteiger partial charge is 0.272 e. The van der Waals surface area contributed by atoms with Gasteiger partial charge in [0.15, 0.2) is 0 Å². The second-order valence-corrected chi connectivity index (χ2v) is 30.6. The molecule has 22 heteroatoms. The van der Waals surface area contributed by atoms with E-state index in [4.69, 9.17) is 11.6 Å². The molecule has 0 spiro atoms. The lowest BCUT2D eigenvalue weighted by atomic mass is 10.0. The molecule has 10 N–H and O–H groups in total. The Morgan fingerprint density at radius 1 is 0.368 bits per heavy atom. The molecule has 5 amide bonds. The van der Waals surface area contributed by atoms with Gasteiger partial charge in [-0.15, -0.1) is 45.3 Å². The minimum atomic E-state index is -0.310. The number of halogens is 2. The molecule has 16 aromatic rings. The molecule has 0 aliphatic rings. The van der Waals surface area contributed by atoms with Gasteiger partial charge in [-0.3, -0.25) is 29.0 Å².